The molecule has 0 fully saturated rings. The monoisotopic (exact) mass is 680 g/mol. The number of rotatable bonds is 4. The molecule has 238 valence electrons. The molecule has 0 N–H and O–H groups in total. The van der Waals surface area contributed by atoms with Gasteiger partial charge in [0.15, 0.2) is 9.98 Å². The van der Waals surface area contributed by atoms with Crippen molar-refractivity contribution in [2.75, 3.05) is 0 Å². The number of carbonyl (C=O) groups excluding carboxylic acids is 4. The topological polar surface area (TPSA) is 93.2 Å². The van der Waals surface area contributed by atoms with Crippen molar-refractivity contribution in [3.05, 3.63) is 166 Å². The Balaban J connectivity index is 0.000000154. The number of amides is 2. The largest absolute Gasteiger partial charge is 0.363 e. The van der Waals surface area contributed by atoms with E-state index in [4.69, 9.17) is 34.1 Å². The molecule has 6 aromatic carbocycles. The number of aryl methyl sites for hydroxylation is 1. The lowest BCUT2D eigenvalue weighted by molar-refractivity contribution is -0.0382. The van der Waals surface area contributed by atoms with Gasteiger partial charge in [-0.05, 0) is 54.1 Å². The zero-order valence-corrected chi connectivity index (χ0v) is 27.4. The fourth-order valence-corrected chi connectivity index (χ4v) is 6.30. The van der Waals surface area contributed by atoms with Gasteiger partial charge in [-0.3, -0.25) is 9.59 Å². The van der Waals surface area contributed by atoms with Gasteiger partial charge in [-0.1, -0.05) is 121 Å². The average Bonchev–Trinajstić information content (AvgIpc) is 3.13. The first kappa shape index (κ1) is 31.5. The van der Waals surface area contributed by atoms with Crippen LogP contribution in [0.25, 0.3) is 21.5 Å². The normalized spacial score (nSPS) is 13.2. The van der Waals surface area contributed by atoms with Gasteiger partial charge in [0.05, 0.1) is 22.3 Å². The molecule has 0 aliphatic carbocycles. The first-order chi connectivity index (χ1) is 23.7. The summed E-state index contributed by atoms with van der Waals surface area (Å²) in [6.45, 7) is 1.93. The summed E-state index contributed by atoms with van der Waals surface area (Å²) in [4.78, 5) is 61.2. The van der Waals surface area contributed by atoms with Crippen LogP contribution in [0.5, 0.6) is 0 Å². The highest BCUT2D eigenvalue weighted by molar-refractivity contribution is 7.81. The molecule has 6 aromatic rings. The molecule has 10 heteroatoms. The smallest absolute Gasteiger partial charge is 0.327 e. The van der Waals surface area contributed by atoms with Crippen molar-refractivity contribution in [2.24, 2.45) is 0 Å². The van der Waals surface area contributed by atoms with Gasteiger partial charge in [-0.25, -0.2) is 9.59 Å². The molecule has 0 radical (unpaired) electrons. The van der Waals surface area contributed by atoms with Crippen LogP contribution in [0.4, 0.5) is 0 Å². The Morgan fingerprint density at radius 1 is 0.490 bits per heavy atom. The first-order valence-corrected chi connectivity index (χ1v) is 15.9. The van der Waals surface area contributed by atoms with Crippen LogP contribution in [0.1, 0.15) is 58.1 Å². The second-order valence-corrected chi connectivity index (χ2v) is 12.0. The summed E-state index contributed by atoms with van der Waals surface area (Å²) >= 11 is 10.8. The Hall–Kier alpha value is -6.10. The molecule has 0 unspecified atom stereocenters. The molecule has 0 spiro atoms. The molecule has 0 saturated carbocycles. The minimum Gasteiger partial charge on any atom is -0.327 e. The van der Waals surface area contributed by atoms with Crippen molar-refractivity contribution in [2.45, 2.75) is 6.92 Å². The van der Waals surface area contributed by atoms with Gasteiger partial charge in [0, 0.05) is 21.9 Å². The maximum atomic E-state index is 12.8. The fraction of sp³-hybridized carbons (Fsp3) is 0.0256. The number of hydroxylamine groups is 4. The van der Waals surface area contributed by atoms with Crippen LogP contribution >= 0.6 is 24.4 Å². The van der Waals surface area contributed by atoms with E-state index in [1.807, 2.05) is 67.6 Å². The van der Waals surface area contributed by atoms with Gasteiger partial charge in [-0.2, -0.15) is 0 Å². The fourth-order valence-electron chi connectivity index (χ4n) is 5.72. The molecule has 0 saturated heterocycles. The van der Waals surface area contributed by atoms with Gasteiger partial charge in [-0.15, -0.1) is 10.1 Å². The van der Waals surface area contributed by atoms with Crippen molar-refractivity contribution in [1.29, 1.82) is 0 Å². The number of benzene rings is 6. The number of hydrogen-bond acceptors (Lipinski definition) is 8. The maximum Gasteiger partial charge on any atom is 0.363 e. The first-order valence-electron chi connectivity index (χ1n) is 15.1. The van der Waals surface area contributed by atoms with E-state index in [-0.39, 0.29) is 9.98 Å². The highest BCUT2D eigenvalue weighted by Crippen LogP contribution is 2.32. The lowest BCUT2D eigenvalue weighted by Gasteiger charge is -2.27. The maximum absolute atomic E-state index is 12.8. The molecule has 2 heterocycles. The van der Waals surface area contributed by atoms with Crippen LogP contribution in [0.15, 0.2) is 127 Å². The Bertz CT molecular complexity index is 2270. The molecule has 0 atom stereocenters. The van der Waals surface area contributed by atoms with Crippen LogP contribution in [0, 0.1) is 6.92 Å². The molecule has 0 bridgehead atoms. The summed E-state index contributed by atoms with van der Waals surface area (Å²) in [6, 6.07) is 37.5. The summed E-state index contributed by atoms with van der Waals surface area (Å²) in [7, 11) is 0. The number of nitrogens with zero attached hydrogens (tertiary/aromatic N) is 2. The molecule has 8 rings (SSSR count). The van der Waals surface area contributed by atoms with Gasteiger partial charge >= 0.3 is 11.9 Å². The van der Waals surface area contributed by atoms with Crippen molar-refractivity contribution in [1.82, 2.24) is 10.1 Å². The molecule has 8 nitrogen and oxygen atoms in total. The third-order valence-corrected chi connectivity index (χ3v) is 8.89. The van der Waals surface area contributed by atoms with Crippen LogP contribution in [-0.4, -0.2) is 43.9 Å². The van der Waals surface area contributed by atoms with Crippen molar-refractivity contribution >= 4 is 79.7 Å². The third-order valence-electron chi connectivity index (χ3n) is 8.11. The van der Waals surface area contributed by atoms with Crippen LogP contribution in [0.2, 0.25) is 0 Å². The Morgan fingerprint density at radius 3 is 1.31 bits per heavy atom. The van der Waals surface area contributed by atoms with Gasteiger partial charge < -0.3 is 9.68 Å². The predicted octanol–water partition coefficient (Wildman–Crippen LogP) is 7.79. The highest BCUT2D eigenvalue weighted by Gasteiger charge is 2.34. The van der Waals surface area contributed by atoms with Crippen molar-refractivity contribution < 1.29 is 28.9 Å². The number of hydrogen-bond donors (Lipinski definition) is 0. The molecule has 2 amide bonds. The van der Waals surface area contributed by atoms with E-state index in [0.29, 0.717) is 33.4 Å². The van der Waals surface area contributed by atoms with Gasteiger partial charge in [0.1, 0.15) is 0 Å². The molecule has 49 heavy (non-hydrogen) atoms. The standard InChI is InChI=1S/C20H13NO3S.C19H11NO3S/c1-12-8-10-14(11-9-12)20(23)24-21-18(22)15-6-2-4-13-5-3-7-16(17(13)15)19(21)25;21-17-14-10-4-8-12-9-5-11-15(16(12)14)18(24)20(17)23-19(22)13-6-2-1-3-7-13/h2-11H,1H3;1-11H. The zero-order valence-electron chi connectivity index (χ0n) is 25.8. The second kappa shape index (κ2) is 12.8. The molecular weight excluding hydrogens is 657 g/mol. The minimum atomic E-state index is -0.627. The van der Waals surface area contributed by atoms with Crippen molar-refractivity contribution in [3.8, 4) is 0 Å². The Morgan fingerprint density at radius 2 is 0.878 bits per heavy atom. The Labute approximate surface area is 291 Å². The summed E-state index contributed by atoms with van der Waals surface area (Å²) in [5, 5.41) is 5.26. The van der Waals surface area contributed by atoms with E-state index in [0.717, 1.165) is 37.2 Å². The summed E-state index contributed by atoms with van der Waals surface area (Å²) in [5.74, 6) is -2.12. The summed E-state index contributed by atoms with van der Waals surface area (Å²) in [5.41, 5.74) is 4.10. The molecule has 2 aliphatic heterocycles. The molecule has 2 aliphatic rings. The zero-order chi connectivity index (χ0) is 34.2. The van der Waals surface area contributed by atoms with E-state index in [1.165, 1.54) is 0 Å². The van der Waals surface area contributed by atoms with E-state index in [1.54, 1.807) is 66.7 Å². The minimum absolute atomic E-state index is 0.189. The Kier molecular flexibility index (Phi) is 8.25. The molecule has 0 aromatic heterocycles. The third kappa shape index (κ3) is 5.73. The van der Waals surface area contributed by atoms with Crippen LogP contribution < -0.4 is 0 Å². The predicted molar refractivity (Wildman–Crippen MR) is 192 cm³/mol. The molecular formula is C39H24N2O6S2. The SMILES string of the molecule is Cc1ccc(C(=O)ON2C(=O)c3cccc4cccc(c34)C2=S)cc1.O=C(ON1C(=O)c2cccc3cccc(c23)C1=S)c1ccccc1. The lowest BCUT2D eigenvalue weighted by Crippen LogP contribution is -2.41. The van der Waals surface area contributed by atoms with E-state index in [2.05, 4.69) is 0 Å². The lowest BCUT2D eigenvalue weighted by atomic mass is 9.95. The second-order valence-electron chi connectivity index (χ2n) is 11.2. The van der Waals surface area contributed by atoms with Crippen LogP contribution in [0.3, 0.4) is 0 Å². The van der Waals surface area contributed by atoms with E-state index < -0.39 is 23.8 Å². The number of thiocarbonyl (C=S) groups is 2. The van der Waals surface area contributed by atoms with Crippen LogP contribution in [-0.2, 0) is 9.68 Å². The van der Waals surface area contributed by atoms with Gasteiger partial charge in [0.25, 0.3) is 11.8 Å². The number of carbonyl (C=O) groups is 4. The quantitative estimate of drug-likeness (QED) is 0.174. The van der Waals surface area contributed by atoms with E-state index in [9.17, 15) is 19.2 Å². The van der Waals surface area contributed by atoms with Gasteiger partial charge in [0.2, 0.25) is 0 Å². The van der Waals surface area contributed by atoms with Crippen molar-refractivity contribution in [3.63, 3.8) is 0 Å². The summed E-state index contributed by atoms with van der Waals surface area (Å²) < 4.78 is 0. The van der Waals surface area contributed by atoms with E-state index >= 15 is 0 Å². The summed E-state index contributed by atoms with van der Waals surface area (Å²) in [6.07, 6.45) is 0. The highest BCUT2D eigenvalue weighted by atomic mass is 32.1. The average molecular weight is 681 g/mol.